The molecule has 8 aliphatic carbocycles. The third kappa shape index (κ3) is 6.19. The van der Waals surface area contributed by atoms with E-state index in [2.05, 4.69) is 16.7 Å². The van der Waals surface area contributed by atoms with E-state index in [-0.39, 0.29) is 0 Å². The topological polar surface area (TPSA) is 21.7 Å². The molecule has 11 rings (SSSR count). The van der Waals surface area contributed by atoms with Crippen molar-refractivity contribution in [1.29, 1.82) is 0 Å². The van der Waals surface area contributed by atoms with Crippen LogP contribution in [-0.4, -0.2) is 57.9 Å². The summed E-state index contributed by atoms with van der Waals surface area (Å²) in [5.74, 6) is 9.12. The Balaban J connectivity index is 0.889. The molecule has 8 saturated carbocycles. The highest BCUT2D eigenvalue weighted by Gasteiger charge is 2.62. The summed E-state index contributed by atoms with van der Waals surface area (Å²) >= 11 is 2.45. The molecule has 3 nitrogen and oxygen atoms in total. The van der Waals surface area contributed by atoms with Crippen LogP contribution >= 0.6 is 11.8 Å². The van der Waals surface area contributed by atoms with Gasteiger partial charge in [0, 0.05) is 34.5 Å². The SMILES string of the molecule is C1CCC(C2CCC(N(C3CCCC4C5CCCC(C6CCCCC6)C5OC43)C3CCCC4C5CCC6SC7CCCCC7C6C5OC43)CC2)CC1. The second kappa shape index (κ2) is 15.2. The fourth-order valence-electron chi connectivity index (χ4n) is 17.4. The van der Waals surface area contributed by atoms with Gasteiger partial charge in [-0.25, -0.2) is 0 Å². The average molecular weight is 732 g/mol. The predicted molar refractivity (Wildman–Crippen MR) is 214 cm³/mol. The van der Waals surface area contributed by atoms with E-state index < -0.39 is 0 Å². The van der Waals surface area contributed by atoms with E-state index in [9.17, 15) is 0 Å². The van der Waals surface area contributed by atoms with E-state index in [1.165, 1.54) is 186 Å². The molecule has 3 saturated heterocycles. The van der Waals surface area contributed by atoms with Gasteiger partial charge < -0.3 is 9.47 Å². The van der Waals surface area contributed by atoms with Crippen LogP contribution in [0.4, 0.5) is 0 Å². The summed E-state index contributed by atoms with van der Waals surface area (Å²) in [6.45, 7) is 0. The summed E-state index contributed by atoms with van der Waals surface area (Å²) in [5, 5.41) is 1.87. The van der Waals surface area contributed by atoms with Gasteiger partial charge in [-0.3, -0.25) is 4.90 Å². The van der Waals surface area contributed by atoms with Gasteiger partial charge in [0.1, 0.15) is 0 Å². The van der Waals surface area contributed by atoms with Crippen molar-refractivity contribution < 1.29 is 9.47 Å². The molecule has 0 N–H and O–H groups in total. The van der Waals surface area contributed by atoms with Gasteiger partial charge in [0.25, 0.3) is 0 Å². The van der Waals surface area contributed by atoms with Crippen molar-refractivity contribution in [2.45, 2.75) is 239 Å². The van der Waals surface area contributed by atoms with E-state index in [1.807, 2.05) is 0 Å². The monoisotopic (exact) mass is 732 g/mol. The number of nitrogens with zero attached hydrogens (tertiary/aromatic N) is 1. The van der Waals surface area contributed by atoms with Crippen molar-refractivity contribution in [3.8, 4) is 0 Å². The molecule has 15 unspecified atom stereocenters. The molecule has 0 radical (unpaired) electrons. The summed E-state index contributed by atoms with van der Waals surface area (Å²) < 4.78 is 15.6. The Hall–Kier alpha value is 0.230. The Morgan fingerprint density at radius 1 is 0.327 bits per heavy atom. The largest absolute Gasteiger partial charge is 0.372 e. The first-order chi connectivity index (χ1) is 25.8. The van der Waals surface area contributed by atoms with Gasteiger partial charge in [-0.1, -0.05) is 96.3 Å². The van der Waals surface area contributed by atoms with Crippen molar-refractivity contribution in [3.05, 3.63) is 0 Å². The predicted octanol–water partition coefficient (Wildman–Crippen LogP) is 12.0. The third-order valence-corrected chi connectivity index (χ3v) is 21.3. The van der Waals surface area contributed by atoms with Gasteiger partial charge in [-0.05, 0) is 143 Å². The van der Waals surface area contributed by atoms with Crippen LogP contribution in [0.1, 0.15) is 186 Å². The lowest BCUT2D eigenvalue weighted by atomic mass is 9.64. The lowest BCUT2D eigenvalue weighted by Gasteiger charge is -2.53. The Morgan fingerprint density at radius 3 is 1.56 bits per heavy atom. The van der Waals surface area contributed by atoms with Crippen LogP contribution in [0.5, 0.6) is 0 Å². The Labute approximate surface area is 323 Å². The molecule has 0 aromatic carbocycles. The Bertz CT molecular complexity index is 1210. The van der Waals surface area contributed by atoms with Crippen LogP contribution in [0, 0.1) is 59.2 Å². The summed E-state index contributed by atoms with van der Waals surface area (Å²) in [6.07, 6.45) is 45.2. The molecule has 11 aliphatic rings. The zero-order chi connectivity index (χ0) is 34.2. The second-order valence-electron chi connectivity index (χ2n) is 21.5. The van der Waals surface area contributed by atoms with Gasteiger partial charge in [-0.15, -0.1) is 0 Å². The molecule has 0 spiro atoms. The maximum absolute atomic E-state index is 7.83. The minimum atomic E-state index is 0.505. The van der Waals surface area contributed by atoms with Gasteiger partial charge in [0.05, 0.1) is 24.4 Å². The molecule has 0 aromatic heterocycles. The van der Waals surface area contributed by atoms with Crippen LogP contribution in [0.15, 0.2) is 0 Å². The molecule has 0 bridgehead atoms. The average Bonchev–Trinajstić information content (AvgIpc) is 3.91. The maximum Gasteiger partial charge on any atom is 0.0766 e. The maximum atomic E-state index is 7.83. The van der Waals surface area contributed by atoms with Crippen LogP contribution in [0.25, 0.3) is 0 Å². The minimum absolute atomic E-state index is 0.505. The van der Waals surface area contributed by atoms with Crippen LogP contribution in [0.2, 0.25) is 0 Å². The van der Waals surface area contributed by atoms with Crippen molar-refractivity contribution in [2.24, 2.45) is 59.2 Å². The summed E-state index contributed by atoms with van der Waals surface area (Å²) in [6, 6.07) is 2.08. The third-order valence-electron chi connectivity index (χ3n) is 19.4. The number of ether oxygens (including phenoxy) is 2. The molecule has 3 heterocycles. The molecule has 292 valence electrons. The quantitative estimate of drug-likeness (QED) is 0.281. The second-order valence-corrected chi connectivity index (χ2v) is 23.0. The van der Waals surface area contributed by atoms with E-state index in [0.717, 1.165) is 75.7 Å². The standard InChI is InChI=1S/C48H77NO2S/c1-3-12-30(13-4-1)31-24-26-33(27-25-31)49(40-21-10-19-36-35-18-9-17-34(45(35)50-46(36)40)32-14-5-2-6-15-32)41-22-11-20-37-38-28-29-43-44(48(38)51-47(37)41)39-16-7-8-23-42(39)52-43/h30-48H,1-29H2. The van der Waals surface area contributed by atoms with Gasteiger partial charge in [0.2, 0.25) is 0 Å². The van der Waals surface area contributed by atoms with Gasteiger partial charge in [-0.2, -0.15) is 11.8 Å². The lowest BCUT2D eigenvalue weighted by molar-refractivity contribution is -0.131. The Morgan fingerprint density at radius 2 is 0.846 bits per heavy atom. The number of fused-ring (bicyclic) bond motifs is 10. The van der Waals surface area contributed by atoms with Gasteiger partial charge in [0.15, 0.2) is 0 Å². The summed E-state index contributed by atoms with van der Waals surface area (Å²) in [7, 11) is 0. The van der Waals surface area contributed by atoms with Crippen LogP contribution < -0.4 is 0 Å². The Kier molecular flexibility index (Phi) is 10.3. The molecular weight excluding hydrogens is 655 g/mol. The highest BCUT2D eigenvalue weighted by atomic mass is 32.2. The van der Waals surface area contributed by atoms with Crippen molar-refractivity contribution in [2.75, 3.05) is 0 Å². The molecule has 52 heavy (non-hydrogen) atoms. The molecular formula is C48H77NO2S. The summed E-state index contributed by atoms with van der Waals surface area (Å²) in [4.78, 5) is 3.33. The molecule has 3 aliphatic heterocycles. The first-order valence-corrected chi connectivity index (χ1v) is 25.5. The van der Waals surface area contributed by atoms with E-state index in [0.29, 0.717) is 36.5 Å². The fraction of sp³-hybridized carbons (Fsp3) is 1.00. The number of hydrogen-bond donors (Lipinski definition) is 0. The van der Waals surface area contributed by atoms with E-state index >= 15 is 0 Å². The molecule has 0 amide bonds. The normalized spacial score (nSPS) is 52.7. The van der Waals surface area contributed by atoms with Crippen molar-refractivity contribution in [3.63, 3.8) is 0 Å². The number of rotatable bonds is 5. The molecule has 0 aromatic rings. The minimum Gasteiger partial charge on any atom is -0.372 e. The van der Waals surface area contributed by atoms with Crippen molar-refractivity contribution in [1.82, 2.24) is 4.90 Å². The summed E-state index contributed by atoms with van der Waals surface area (Å²) in [5.41, 5.74) is 0. The van der Waals surface area contributed by atoms with Crippen LogP contribution in [-0.2, 0) is 9.47 Å². The highest BCUT2D eigenvalue weighted by molar-refractivity contribution is 8.00. The van der Waals surface area contributed by atoms with Gasteiger partial charge >= 0.3 is 0 Å². The smallest absolute Gasteiger partial charge is 0.0766 e. The lowest BCUT2D eigenvalue weighted by Crippen LogP contribution is -2.61. The fourth-order valence-corrected chi connectivity index (χ4v) is 19.5. The van der Waals surface area contributed by atoms with Crippen LogP contribution in [0.3, 0.4) is 0 Å². The number of hydrogen-bond acceptors (Lipinski definition) is 4. The zero-order valence-electron chi connectivity index (χ0n) is 33.1. The van der Waals surface area contributed by atoms with Crippen molar-refractivity contribution >= 4 is 11.8 Å². The zero-order valence-corrected chi connectivity index (χ0v) is 34.0. The molecule has 4 heteroatoms. The first-order valence-electron chi connectivity index (χ1n) is 24.5. The first kappa shape index (κ1) is 35.4. The molecule has 15 atom stereocenters. The highest BCUT2D eigenvalue weighted by Crippen LogP contribution is 2.62. The molecule has 11 fully saturated rings. The van der Waals surface area contributed by atoms with E-state index in [1.54, 1.807) is 0 Å². The van der Waals surface area contributed by atoms with E-state index in [4.69, 9.17) is 9.47 Å². The number of thioether (sulfide) groups is 1.